The van der Waals surface area contributed by atoms with Gasteiger partial charge in [0, 0.05) is 38.1 Å². The van der Waals surface area contributed by atoms with Crippen molar-refractivity contribution in [1.82, 2.24) is 25.0 Å². The number of halogens is 1. The number of guanidine groups is 1. The quantitative estimate of drug-likeness (QED) is 0.497. The van der Waals surface area contributed by atoms with Crippen molar-refractivity contribution in [1.29, 1.82) is 0 Å². The average Bonchev–Trinajstić information content (AvgIpc) is 3.13. The van der Waals surface area contributed by atoms with Crippen molar-refractivity contribution in [2.75, 3.05) is 33.3 Å². The molecule has 0 atom stereocenters. The third kappa shape index (κ3) is 7.09. The number of hydrogen-bond acceptors (Lipinski definition) is 4. The lowest BCUT2D eigenvalue weighted by molar-refractivity contribution is 0.281. The third-order valence-corrected chi connectivity index (χ3v) is 4.26. The molecule has 0 bridgehead atoms. The molecular weight excluding hydrogens is 364 g/mol. The van der Waals surface area contributed by atoms with Gasteiger partial charge in [-0.05, 0) is 30.7 Å². The van der Waals surface area contributed by atoms with E-state index in [0.29, 0.717) is 11.6 Å². The fourth-order valence-corrected chi connectivity index (χ4v) is 2.62. The number of aryl methyl sites for hydroxylation is 1. The summed E-state index contributed by atoms with van der Waals surface area (Å²) in [5, 5.41) is 12.2. The number of aliphatic imine (C=N–C) groups is 1. The minimum Gasteiger partial charge on any atom is -0.492 e. The highest BCUT2D eigenvalue weighted by Crippen LogP contribution is 2.15. The van der Waals surface area contributed by atoms with Crippen LogP contribution in [0.25, 0.3) is 0 Å². The smallest absolute Gasteiger partial charge is 0.193 e. The second-order valence-electron chi connectivity index (χ2n) is 6.15. The first-order valence-electron chi connectivity index (χ1n) is 9.38. The van der Waals surface area contributed by atoms with Gasteiger partial charge in [-0.3, -0.25) is 4.99 Å². The number of likely N-dealkylation sites (N-methyl/N-ethyl adjacent to an activating group) is 1. The van der Waals surface area contributed by atoms with Crippen LogP contribution in [0.15, 0.2) is 35.6 Å². The van der Waals surface area contributed by atoms with E-state index in [-0.39, 0.29) is 0 Å². The van der Waals surface area contributed by atoms with Gasteiger partial charge in [0.05, 0.1) is 6.54 Å². The Balaban J connectivity index is 1.81. The van der Waals surface area contributed by atoms with Crippen molar-refractivity contribution in [3.8, 4) is 5.75 Å². The van der Waals surface area contributed by atoms with Gasteiger partial charge in [-0.25, -0.2) is 0 Å². The maximum Gasteiger partial charge on any atom is 0.193 e. The summed E-state index contributed by atoms with van der Waals surface area (Å²) in [6, 6.07) is 7.39. The maximum absolute atomic E-state index is 5.89. The maximum atomic E-state index is 5.89. The number of benzene rings is 1. The highest BCUT2D eigenvalue weighted by molar-refractivity contribution is 6.30. The molecule has 0 fully saturated rings. The minimum absolute atomic E-state index is 0.566. The van der Waals surface area contributed by atoms with Crippen molar-refractivity contribution >= 4 is 17.6 Å². The largest absolute Gasteiger partial charge is 0.492 e. The molecule has 0 aliphatic carbocycles. The molecule has 27 heavy (non-hydrogen) atoms. The Morgan fingerprint density at radius 3 is 2.78 bits per heavy atom. The van der Waals surface area contributed by atoms with Crippen LogP contribution in [0.5, 0.6) is 5.75 Å². The average molecular weight is 393 g/mol. The summed E-state index contributed by atoms with van der Waals surface area (Å²) in [6.45, 7) is 7.84. The zero-order valence-electron chi connectivity index (χ0n) is 16.4. The molecule has 7 nitrogen and oxygen atoms in total. The highest BCUT2D eigenvalue weighted by atomic mass is 35.5. The van der Waals surface area contributed by atoms with E-state index in [4.69, 9.17) is 16.3 Å². The first-order chi connectivity index (χ1) is 13.1. The summed E-state index contributed by atoms with van der Waals surface area (Å²) >= 11 is 5.89. The van der Waals surface area contributed by atoms with Crippen LogP contribution in [0.1, 0.15) is 26.1 Å². The second kappa shape index (κ2) is 11.4. The number of aromatic nitrogens is 3. The lowest BCUT2D eigenvalue weighted by atomic mass is 10.3. The van der Waals surface area contributed by atoms with Crippen LogP contribution in [0.2, 0.25) is 5.02 Å². The predicted molar refractivity (Wildman–Crippen MR) is 110 cm³/mol. The van der Waals surface area contributed by atoms with Gasteiger partial charge in [-0.1, -0.05) is 25.4 Å². The van der Waals surface area contributed by atoms with Crippen LogP contribution < -0.4 is 10.1 Å². The molecule has 0 saturated heterocycles. The van der Waals surface area contributed by atoms with Crippen molar-refractivity contribution in [3.05, 3.63) is 41.4 Å². The van der Waals surface area contributed by atoms with Crippen molar-refractivity contribution in [3.63, 3.8) is 0 Å². The fourth-order valence-electron chi connectivity index (χ4n) is 2.49. The Morgan fingerprint density at radius 1 is 1.30 bits per heavy atom. The van der Waals surface area contributed by atoms with Crippen LogP contribution in [-0.2, 0) is 13.0 Å². The zero-order valence-corrected chi connectivity index (χ0v) is 17.1. The molecule has 0 unspecified atom stereocenters. The molecule has 2 rings (SSSR count). The molecule has 1 heterocycles. The first kappa shape index (κ1) is 21.0. The van der Waals surface area contributed by atoms with Crippen LogP contribution in [0.4, 0.5) is 0 Å². The van der Waals surface area contributed by atoms with Crippen LogP contribution in [0.3, 0.4) is 0 Å². The van der Waals surface area contributed by atoms with Gasteiger partial charge in [-0.15, -0.1) is 10.2 Å². The first-order valence-corrected chi connectivity index (χ1v) is 9.76. The summed E-state index contributed by atoms with van der Waals surface area (Å²) in [4.78, 5) is 6.74. The van der Waals surface area contributed by atoms with Gasteiger partial charge in [0.15, 0.2) is 5.96 Å². The van der Waals surface area contributed by atoms with Gasteiger partial charge in [-0.2, -0.15) is 0 Å². The second-order valence-corrected chi connectivity index (χ2v) is 6.59. The van der Waals surface area contributed by atoms with Gasteiger partial charge in [0.1, 0.15) is 24.5 Å². The Kier molecular flexibility index (Phi) is 8.91. The molecule has 0 amide bonds. The molecule has 8 heteroatoms. The van der Waals surface area contributed by atoms with Gasteiger partial charge < -0.3 is 19.5 Å². The van der Waals surface area contributed by atoms with E-state index in [1.54, 1.807) is 6.33 Å². The molecule has 0 saturated carbocycles. The molecule has 2 aromatic rings. The summed E-state index contributed by atoms with van der Waals surface area (Å²) in [5.41, 5.74) is 0. The molecule has 148 valence electrons. The molecule has 1 aromatic carbocycles. The van der Waals surface area contributed by atoms with E-state index in [1.807, 2.05) is 31.3 Å². The van der Waals surface area contributed by atoms with Crippen molar-refractivity contribution in [2.24, 2.45) is 4.99 Å². The molecule has 0 spiro atoms. The molecule has 0 aliphatic heterocycles. The topological polar surface area (TPSA) is 67.6 Å². The Hall–Kier alpha value is -2.28. The summed E-state index contributed by atoms with van der Waals surface area (Å²) in [5.74, 6) is 2.68. The molecule has 1 N–H and O–H groups in total. The monoisotopic (exact) mass is 392 g/mol. The van der Waals surface area contributed by atoms with Crippen LogP contribution in [-0.4, -0.2) is 58.9 Å². The normalized spacial score (nSPS) is 11.5. The SMILES string of the molecule is CCCN=C(NCCn1cnnc1CC)N(C)CCOc1ccc(Cl)cc1. The minimum atomic E-state index is 0.566. The van der Waals surface area contributed by atoms with E-state index in [1.165, 1.54) is 0 Å². The Labute approximate surface area is 166 Å². The fraction of sp³-hybridized carbons (Fsp3) is 0.526. The number of rotatable bonds is 10. The summed E-state index contributed by atoms with van der Waals surface area (Å²) in [7, 11) is 2.02. The summed E-state index contributed by atoms with van der Waals surface area (Å²) < 4.78 is 7.84. The van der Waals surface area contributed by atoms with Crippen molar-refractivity contribution in [2.45, 2.75) is 33.2 Å². The Morgan fingerprint density at radius 2 is 2.07 bits per heavy atom. The van der Waals surface area contributed by atoms with E-state index < -0.39 is 0 Å². The van der Waals surface area contributed by atoms with Crippen molar-refractivity contribution < 1.29 is 4.74 Å². The van der Waals surface area contributed by atoms with Crippen LogP contribution in [0, 0.1) is 0 Å². The van der Waals surface area contributed by atoms with Gasteiger partial charge in [0.2, 0.25) is 0 Å². The summed E-state index contributed by atoms with van der Waals surface area (Å²) in [6.07, 6.45) is 3.65. The van der Waals surface area contributed by atoms with E-state index >= 15 is 0 Å². The van der Waals surface area contributed by atoms with Gasteiger partial charge >= 0.3 is 0 Å². The predicted octanol–water partition coefficient (Wildman–Crippen LogP) is 2.86. The molecule has 0 aliphatic rings. The lowest BCUT2D eigenvalue weighted by Gasteiger charge is -2.23. The molecule has 0 radical (unpaired) electrons. The van der Waals surface area contributed by atoms with Gasteiger partial charge in [0.25, 0.3) is 0 Å². The van der Waals surface area contributed by atoms with E-state index in [0.717, 1.165) is 56.6 Å². The van der Waals surface area contributed by atoms with E-state index in [2.05, 4.69) is 43.8 Å². The number of nitrogens with zero attached hydrogens (tertiary/aromatic N) is 5. The lowest BCUT2D eigenvalue weighted by Crippen LogP contribution is -2.42. The standard InChI is InChI=1S/C19H29ClN6O/c1-4-10-21-19(22-11-12-26-15-23-24-18(26)5-2)25(3)13-14-27-17-8-6-16(20)7-9-17/h6-9,15H,4-5,10-14H2,1-3H3,(H,21,22). The zero-order chi connectivity index (χ0) is 19.5. The molecule has 1 aromatic heterocycles. The highest BCUT2D eigenvalue weighted by Gasteiger charge is 2.07. The number of nitrogens with one attached hydrogen (secondary N) is 1. The van der Waals surface area contributed by atoms with E-state index in [9.17, 15) is 0 Å². The number of ether oxygens (including phenoxy) is 1. The third-order valence-electron chi connectivity index (χ3n) is 4.00. The molecular formula is C19H29ClN6O. The van der Waals surface area contributed by atoms with Crippen LogP contribution >= 0.6 is 11.6 Å². The number of hydrogen-bond donors (Lipinski definition) is 1. The Bertz CT molecular complexity index is 700.